The van der Waals surface area contributed by atoms with Crippen LogP contribution in [0, 0.1) is 6.92 Å². The number of rotatable bonds is 3. The predicted octanol–water partition coefficient (Wildman–Crippen LogP) is 3.17. The first-order chi connectivity index (χ1) is 10.1. The molecule has 2 aliphatic rings. The van der Waals surface area contributed by atoms with E-state index in [0.29, 0.717) is 12.4 Å². The highest BCUT2D eigenvalue weighted by molar-refractivity contribution is 7.89. The van der Waals surface area contributed by atoms with E-state index in [1.807, 2.05) is 6.92 Å². The fourth-order valence-corrected chi connectivity index (χ4v) is 5.78. The second-order valence-electron chi connectivity index (χ2n) is 6.24. The first kappa shape index (κ1) is 15.0. The van der Waals surface area contributed by atoms with E-state index in [0.717, 1.165) is 57.1 Å². The predicted molar refractivity (Wildman–Crippen MR) is 80.3 cm³/mol. The Hall–Kier alpha value is -0.880. The summed E-state index contributed by atoms with van der Waals surface area (Å²) in [6, 6.07) is -0.209. The van der Waals surface area contributed by atoms with Crippen LogP contribution in [0.4, 0.5) is 0 Å². The van der Waals surface area contributed by atoms with Gasteiger partial charge in [-0.25, -0.2) is 13.4 Å². The molecule has 6 heteroatoms. The number of piperidine rings is 1. The lowest BCUT2D eigenvalue weighted by Gasteiger charge is -2.36. The van der Waals surface area contributed by atoms with Crippen LogP contribution in [0.2, 0.25) is 0 Å². The fraction of sp³-hybridized carbons (Fsp3) is 0.800. The van der Waals surface area contributed by atoms with Crippen molar-refractivity contribution in [3.05, 3.63) is 17.8 Å². The molecule has 1 aromatic rings. The third kappa shape index (κ3) is 3.01. The largest absolute Gasteiger partial charge is 0.444 e. The minimum Gasteiger partial charge on any atom is -0.444 e. The van der Waals surface area contributed by atoms with Crippen LogP contribution in [0.5, 0.6) is 0 Å². The summed E-state index contributed by atoms with van der Waals surface area (Å²) in [5, 5.41) is -0.206. The third-order valence-electron chi connectivity index (χ3n) is 4.68. The van der Waals surface area contributed by atoms with Crippen molar-refractivity contribution < 1.29 is 12.8 Å². The molecule has 1 aliphatic carbocycles. The number of hydrogen-bond acceptors (Lipinski definition) is 4. The van der Waals surface area contributed by atoms with E-state index in [9.17, 15) is 8.42 Å². The Morgan fingerprint density at radius 2 is 1.86 bits per heavy atom. The molecule has 1 aromatic heterocycles. The lowest BCUT2D eigenvalue weighted by Crippen LogP contribution is -2.44. The van der Waals surface area contributed by atoms with Gasteiger partial charge in [0.25, 0.3) is 0 Å². The second kappa shape index (κ2) is 6.08. The number of aryl methyl sites for hydroxylation is 1. The normalized spacial score (nSPS) is 26.0. The molecule has 0 bridgehead atoms. The maximum absolute atomic E-state index is 13.0. The Morgan fingerprint density at radius 1 is 1.14 bits per heavy atom. The number of oxazole rings is 1. The van der Waals surface area contributed by atoms with Gasteiger partial charge in [0.05, 0.1) is 11.4 Å². The number of sulfonamides is 1. The zero-order valence-electron chi connectivity index (χ0n) is 12.6. The van der Waals surface area contributed by atoms with Gasteiger partial charge in [-0.2, -0.15) is 4.31 Å². The van der Waals surface area contributed by atoms with Gasteiger partial charge in [0, 0.05) is 6.54 Å². The molecular formula is C15H24N2O3S. The Labute approximate surface area is 126 Å². The number of hydrogen-bond donors (Lipinski definition) is 0. The summed E-state index contributed by atoms with van der Waals surface area (Å²) >= 11 is 0. The van der Waals surface area contributed by atoms with Crippen LogP contribution in [0.1, 0.15) is 69.1 Å². The van der Waals surface area contributed by atoms with Gasteiger partial charge in [0.2, 0.25) is 15.9 Å². The quantitative estimate of drug-likeness (QED) is 0.860. The molecule has 5 nitrogen and oxygen atoms in total. The Kier molecular flexibility index (Phi) is 4.36. The maximum Gasteiger partial charge on any atom is 0.217 e. The van der Waals surface area contributed by atoms with Crippen LogP contribution in [0.25, 0.3) is 0 Å². The molecule has 0 aromatic carbocycles. The molecule has 118 valence electrons. The van der Waals surface area contributed by atoms with E-state index >= 15 is 0 Å². The van der Waals surface area contributed by atoms with Gasteiger partial charge >= 0.3 is 0 Å². The summed E-state index contributed by atoms with van der Waals surface area (Å²) in [7, 11) is -3.24. The molecule has 0 spiro atoms. The molecule has 1 saturated heterocycles. The standard InChI is InChI=1S/C15H24N2O3S/c1-12-11-16-15(20-12)14-9-5-6-10-17(14)21(18,19)13-7-3-2-4-8-13/h11,13-14H,2-10H2,1H3/t14-/m0/s1. The first-order valence-corrected chi connectivity index (χ1v) is 9.52. The average Bonchev–Trinajstić information content (AvgIpc) is 2.95. The molecule has 1 aliphatic heterocycles. The van der Waals surface area contributed by atoms with E-state index < -0.39 is 10.0 Å². The molecule has 0 unspecified atom stereocenters. The zero-order chi connectivity index (χ0) is 14.9. The van der Waals surface area contributed by atoms with E-state index in [1.54, 1.807) is 10.5 Å². The molecule has 1 atom stereocenters. The molecule has 21 heavy (non-hydrogen) atoms. The molecule has 0 N–H and O–H groups in total. The van der Waals surface area contributed by atoms with E-state index in [-0.39, 0.29) is 11.3 Å². The Balaban J connectivity index is 1.86. The monoisotopic (exact) mass is 312 g/mol. The van der Waals surface area contributed by atoms with Gasteiger partial charge in [-0.15, -0.1) is 0 Å². The number of nitrogens with zero attached hydrogens (tertiary/aromatic N) is 2. The molecule has 0 radical (unpaired) electrons. The van der Waals surface area contributed by atoms with E-state index in [4.69, 9.17) is 4.42 Å². The van der Waals surface area contributed by atoms with Crippen LogP contribution in [-0.2, 0) is 10.0 Å². The second-order valence-corrected chi connectivity index (χ2v) is 8.40. The fourth-order valence-electron chi connectivity index (χ4n) is 3.54. The lowest BCUT2D eigenvalue weighted by atomic mass is 10.0. The Morgan fingerprint density at radius 3 is 2.52 bits per heavy atom. The summed E-state index contributed by atoms with van der Waals surface area (Å²) < 4.78 is 33.3. The average molecular weight is 312 g/mol. The van der Waals surface area contributed by atoms with Crippen molar-refractivity contribution in [2.24, 2.45) is 0 Å². The minimum absolute atomic E-state index is 0.206. The van der Waals surface area contributed by atoms with Gasteiger partial charge in [-0.1, -0.05) is 25.7 Å². The van der Waals surface area contributed by atoms with Crippen LogP contribution in [-0.4, -0.2) is 29.5 Å². The van der Waals surface area contributed by atoms with Crippen LogP contribution in [0.15, 0.2) is 10.6 Å². The van der Waals surface area contributed by atoms with Gasteiger partial charge in [0.1, 0.15) is 11.8 Å². The Bertz CT molecular complexity index is 575. The van der Waals surface area contributed by atoms with Crippen molar-refractivity contribution in [3.8, 4) is 0 Å². The zero-order valence-corrected chi connectivity index (χ0v) is 13.4. The minimum atomic E-state index is -3.24. The molecule has 0 amide bonds. The van der Waals surface area contributed by atoms with Crippen LogP contribution in [0.3, 0.4) is 0 Å². The number of aromatic nitrogens is 1. The molecule has 1 saturated carbocycles. The highest BCUT2D eigenvalue weighted by atomic mass is 32.2. The lowest BCUT2D eigenvalue weighted by molar-refractivity contribution is 0.213. The molecule has 2 fully saturated rings. The van der Waals surface area contributed by atoms with E-state index in [1.165, 1.54) is 0 Å². The molecular weight excluding hydrogens is 288 g/mol. The van der Waals surface area contributed by atoms with Crippen molar-refractivity contribution in [3.63, 3.8) is 0 Å². The highest BCUT2D eigenvalue weighted by Crippen LogP contribution is 2.36. The van der Waals surface area contributed by atoms with Crippen LogP contribution < -0.4 is 0 Å². The summed E-state index contributed by atoms with van der Waals surface area (Å²) in [6.45, 7) is 2.45. The van der Waals surface area contributed by atoms with E-state index in [2.05, 4.69) is 4.98 Å². The van der Waals surface area contributed by atoms with Crippen LogP contribution >= 0.6 is 0 Å². The van der Waals surface area contributed by atoms with Crippen molar-refractivity contribution in [1.29, 1.82) is 0 Å². The van der Waals surface area contributed by atoms with Crippen molar-refractivity contribution >= 4 is 10.0 Å². The topological polar surface area (TPSA) is 63.4 Å². The SMILES string of the molecule is Cc1cnc([C@@H]2CCCCN2S(=O)(=O)C2CCCCC2)o1. The van der Waals surface area contributed by atoms with Crippen molar-refractivity contribution in [2.75, 3.05) is 6.54 Å². The van der Waals surface area contributed by atoms with Gasteiger partial charge in [0.15, 0.2) is 0 Å². The summed E-state index contributed by atoms with van der Waals surface area (Å²) in [5.74, 6) is 1.30. The smallest absolute Gasteiger partial charge is 0.217 e. The van der Waals surface area contributed by atoms with Gasteiger partial charge < -0.3 is 4.42 Å². The van der Waals surface area contributed by atoms with Gasteiger partial charge in [-0.05, 0) is 32.6 Å². The van der Waals surface area contributed by atoms with Gasteiger partial charge in [-0.3, -0.25) is 0 Å². The summed E-state index contributed by atoms with van der Waals surface area (Å²) in [5.41, 5.74) is 0. The van der Waals surface area contributed by atoms with Crippen molar-refractivity contribution in [2.45, 2.75) is 69.6 Å². The third-order valence-corrected chi connectivity index (χ3v) is 7.08. The molecule has 3 rings (SSSR count). The van der Waals surface area contributed by atoms with Crippen molar-refractivity contribution in [1.82, 2.24) is 9.29 Å². The summed E-state index contributed by atoms with van der Waals surface area (Å²) in [6.07, 6.45) is 9.27. The summed E-state index contributed by atoms with van der Waals surface area (Å²) in [4.78, 5) is 4.28. The highest BCUT2D eigenvalue weighted by Gasteiger charge is 2.40. The first-order valence-electron chi connectivity index (χ1n) is 8.02. The maximum atomic E-state index is 13.0. The molecule has 2 heterocycles.